The number of hydrazone groups is 1. The molecule has 0 fully saturated rings. The molecule has 0 saturated heterocycles. The average molecular weight is 561 g/mol. The molecule has 0 radical (unpaired) electrons. The molecule has 0 atom stereocenters. The molecule has 1 amide bonds. The number of carbonyl (C=O) groups is 1. The maximum absolute atomic E-state index is 12.9. The van der Waals surface area contributed by atoms with Gasteiger partial charge < -0.3 is 4.74 Å². The second-order valence-electron chi connectivity index (χ2n) is 6.92. The Balaban J connectivity index is 1.55. The maximum atomic E-state index is 12.9. The summed E-state index contributed by atoms with van der Waals surface area (Å²) in [6.45, 7) is 2.21. The predicted octanol–water partition coefficient (Wildman–Crippen LogP) is 7.25. The van der Waals surface area contributed by atoms with Crippen LogP contribution in [0.5, 0.6) is 5.75 Å². The Morgan fingerprint density at radius 1 is 1.06 bits per heavy atom. The van der Waals surface area contributed by atoms with Crippen LogP contribution in [-0.4, -0.2) is 11.6 Å². The lowest BCUT2D eigenvalue weighted by Gasteiger charge is -2.12. The molecule has 3 aromatic rings. The van der Waals surface area contributed by atoms with Crippen LogP contribution in [-0.2, 0) is 11.4 Å². The maximum Gasteiger partial charge on any atom is 0.280 e. The van der Waals surface area contributed by atoms with Gasteiger partial charge in [0.25, 0.3) is 5.91 Å². The zero-order valence-corrected chi connectivity index (χ0v) is 20.4. The van der Waals surface area contributed by atoms with Gasteiger partial charge >= 0.3 is 0 Å². The summed E-state index contributed by atoms with van der Waals surface area (Å²) in [6, 6.07) is 20.9. The summed E-state index contributed by atoms with van der Waals surface area (Å²) in [6.07, 6.45) is 1.79. The van der Waals surface area contributed by atoms with E-state index >= 15 is 0 Å². The van der Waals surface area contributed by atoms with Crippen LogP contribution in [0.4, 0.5) is 5.69 Å². The van der Waals surface area contributed by atoms with Crippen LogP contribution in [0.1, 0.15) is 18.1 Å². The summed E-state index contributed by atoms with van der Waals surface area (Å²) in [5.74, 6) is 0.382. The summed E-state index contributed by atoms with van der Waals surface area (Å²) in [7, 11) is 0. The molecular formula is C24H17Br2ClN2O2. The number of para-hydroxylation sites is 1. The molecule has 0 aliphatic carbocycles. The number of rotatable bonds is 5. The fourth-order valence-electron chi connectivity index (χ4n) is 3.13. The lowest BCUT2D eigenvalue weighted by Crippen LogP contribution is -2.21. The highest BCUT2D eigenvalue weighted by molar-refractivity contribution is 9.10. The minimum Gasteiger partial charge on any atom is -0.486 e. The molecule has 156 valence electrons. The van der Waals surface area contributed by atoms with Crippen molar-refractivity contribution >= 4 is 66.8 Å². The number of nitrogens with zero attached hydrogens (tertiary/aromatic N) is 2. The van der Waals surface area contributed by atoms with E-state index in [0.717, 1.165) is 21.3 Å². The van der Waals surface area contributed by atoms with Gasteiger partial charge in [0, 0.05) is 4.47 Å². The summed E-state index contributed by atoms with van der Waals surface area (Å²) in [4.78, 5) is 12.9. The first-order valence-corrected chi connectivity index (χ1v) is 11.4. The van der Waals surface area contributed by atoms with Gasteiger partial charge in [-0.1, -0.05) is 57.9 Å². The van der Waals surface area contributed by atoms with Gasteiger partial charge in [0.05, 0.1) is 26.5 Å². The molecule has 3 aromatic carbocycles. The number of hydrogen-bond acceptors (Lipinski definition) is 3. The molecule has 1 heterocycles. The van der Waals surface area contributed by atoms with Crippen molar-refractivity contribution in [3.63, 3.8) is 0 Å². The minimum absolute atomic E-state index is 0.175. The van der Waals surface area contributed by atoms with Crippen LogP contribution < -0.4 is 9.75 Å². The van der Waals surface area contributed by atoms with Crippen molar-refractivity contribution in [2.45, 2.75) is 13.5 Å². The van der Waals surface area contributed by atoms with Gasteiger partial charge in [0.15, 0.2) is 5.75 Å². The Hall–Kier alpha value is -2.41. The molecule has 0 bridgehead atoms. The second kappa shape index (κ2) is 9.39. The first kappa shape index (κ1) is 21.8. The van der Waals surface area contributed by atoms with E-state index in [1.807, 2.05) is 67.6 Å². The number of benzene rings is 3. The van der Waals surface area contributed by atoms with Gasteiger partial charge in [-0.05, 0) is 76.5 Å². The Kier molecular flexibility index (Phi) is 6.60. The van der Waals surface area contributed by atoms with Crippen molar-refractivity contribution in [3.05, 3.63) is 97.4 Å². The number of hydrogen-bond donors (Lipinski definition) is 0. The summed E-state index contributed by atoms with van der Waals surface area (Å²) >= 11 is 13.5. The normalized spacial score (nSPS) is 14.8. The fourth-order valence-corrected chi connectivity index (χ4v) is 4.39. The van der Waals surface area contributed by atoms with Crippen molar-refractivity contribution in [2.24, 2.45) is 5.10 Å². The van der Waals surface area contributed by atoms with E-state index in [2.05, 4.69) is 37.0 Å². The topological polar surface area (TPSA) is 41.9 Å². The highest BCUT2D eigenvalue weighted by Gasteiger charge is 2.28. The van der Waals surface area contributed by atoms with Crippen molar-refractivity contribution < 1.29 is 9.53 Å². The summed E-state index contributed by atoms with van der Waals surface area (Å²) in [5, 5.41) is 6.28. The first-order chi connectivity index (χ1) is 14.9. The van der Waals surface area contributed by atoms with Gasteiger partial charge in [-0.15, -0.1) is 0 Å². The smallest absolute Gasteiger partial charge is 0.280 e. The molecule has 0 saturated carbocycles. The van der Waals surface area contributed by atoms with E-state index in [1.54, 1.807) is 12.1 Å². The average Bonchev–Trinajstić information content (AvgIpc) is 3.03. The lowest BCUT2D eigenvalue weighted by atomic mass is 10.1. The first-order valence-electron chi connectivity index (χ1n) is 9.45. The van der Waals surface area contributed by atoms with Crippen LogP contribution in [0.25, 0.3) is 6.08 Å². The van der Waals surface area contributed by atoms with Crippen molar-refractivity contribution in [3.8, 4) is 5.75 Å². The Morgan fingerprint density at radius 3 is 2.45 bits per heavy atom. The fraction of sp³-hybridized carbons (Fsp3) is 0.0833. The largest absolute Gasteiger partial charge is 0.486 e. The minimum atomic E-state index is -0.175. The molecule has 7 heteroatoms. The molecule has 0 spiro atoms. The molecule has 4 nitrogen and oxygen atoms in total. The molecule has 0 N–H and O–H groups in total. The van der Waals surface area contributed by atoms with Crippen molar-refractivity contribution in [1.29, 1.82) is 0 Å². The molecule has 0 aromatic heterocycles. The van der Waals surface area contributed by atoms with E-state index < -0.39 is 0 Å². The Bertz CT molecular complexity index is 1170. The third-order valence-electron chi connectivity index (χ3n) is 4.69. The highest BCUT2D eigenvalue weighted by atomic mass is 79.9. The second-order valence-corrected chi connectivity index (χ2v) is 9.10. The third kappa shape index (κ3) is 4.92. The number of carbonyl (C=O) groups excluding carboxylic acids is 1. The standard InChI is InChI=1S/C24H17Br2ClN2O2/c1-15-20(24(30)29(28-15)19-5-3-2-4-6-19)11-17-12-21(26)23(22(27)13-17)31-14-16-7-9-18(25)10-8-16/h2-13H,14H2,1H3/b20-11+. The van der Waals surface area contributed by atoms with Crippen molar-refractivity contribution in [2.75, 3.05) is 5.01 Å². The van der Waals surface area contributed by atoms with E-state index in [0.29, 0.717) is 33.1 Å². The van der Waals surface area contributed by atoms with E-state index in [4.69, 9.17) is 16.3 Å². The number of anilines is 1. The van der Waals surface area contributed by atoms with Crippen LogP contribution in [0.3, 0.4) is 0 Å². The van der Waals surface area contributed by atoms with Crippen LogP contribution in [0.15, 0.2) is 86.3 Å². The third-order valence-corrected chi connectivity index (χ3v) is 6.09. The summed E-state index contributed by atoms with van der Waals surface area (Å²) < 4.78 is 7.65. The van der Waals surface area contributed by atoms with Gasteiger partial charge in [0.2, 0.25) is 0 Å². The Labute approximate surface area is 202 Å². The molecule has 1 aliphatic rings. The zero-order chi connectivity index (χ0) is 22.0. The lowest BCUT2D eigenvalue weighted by molar-refractivity contribution is -0.114. The number of amides is 1. The predicted molar refractivity (Wildman–Crippen MR) is 133 cm³/mol. The molecule has 4 rings (SSSR count). The van der Waals surface area contributed by atoms with E-state index in [-0.39, 0.29) is 5.91 Å². The quantitative estimate of drug-likeness (QED) is 0.309. The van der Waals surface area contributed by atoms with E-state index in [9.17, 15) is 4.79 Å². The van der Waals surface area contributed by atoms with Crippen LogP contribution >= 0.6 is 43.5 Å². The van der Waals surface area contributed by atoms with E-state index in [1.165, 1.54) is 5.01 Å². The monoisotopic (exact) mass is 558 g/mol. The molecule has 31 heavy (non-hydrogen) atoms. The zero-order valence-electron chi connectivity index (χ0n) is 16.5. The number of ether oxygens (including phenoxy) is 1. The highest BCUT2D eigenvalue weighted by Crippen LogP contribution is 2.36. The SMILES string of the molecule is CC1=NN(c2ccccc2)C(=O)/C1=C/c1cc(Cl)c(OCc2ccc(Br)cc2)c(Br)c1. The van der Waals surface area contributed by atoms with Gasteiger partial charge in [-0.3, -0.25) is 4.79 Å². The van der Waals surface area contributed by atoms with Crippen LogP contribution in [0.2, 0.25) is 5.02 Å². The summed E-state index contributed by atoms with van der Waals surface area (Å²) in [5.41, 5.74) is 3.71. The Morgan fingerprint density at radius 2 is 1.77 bits per heavy atom. The van der Waals surface area contributed by atoms with Crippen molar-refractivity contribution in [1.82, 2.24) is 0 Å². The molecule has 1 aliphatic heterocycles. The van der Waals surface area contributed by atoms with Gasteiger partial charge in [0.1, 0.15) is 6.61 Å². The van der Waals surface area contributed by atoms with Crippen LogP contribution in [0, 0.1) is 0 Å². The number of halogens is 3. The molecule has 0 unspecified atom stereocenters. The van der Waals surface area contributed by atoms with Gasteiger partial charge in [-0.2, -0.15) is 10.1 Å². The van der Waals surface area contributed by atoms with Gasteiger partial charge in [-0.25, -0.2) is 0 Å². The molecular weight excluding hydrogens is 544 g/mol.